The van der Waals surface area contributed by atoms with Crippen molar-refractivity contribution in [3.63, 3.8) is 0 Å². The van der Waals surface area contributed by atoms with Crippen molar-refractivity contribution in [3.8, 4) is 0 Å². The summed E-state index contributed by atoms with van der Waals surface area (Å²) in [5, 5.41) is 7.21. The Morgan fingerprint density at radius 1 is 1.15 bits per heavy atom. The second-order valence-corrected chi connectivity index (χ2v) is 7.70. The monoisotopic (exact) mass is 374 g/mol. The molecular formula is C20H30N4OS. The third kappa shape index (κ3) is 5.17. The molecule has 2 N–H and O–H groups in total. The van der Waals surface area contributed by atoms with E-state index in [4.69, 9.17) is 12.2 Å². The summed E-state index contributed by atoms with van der Waals surface area (Å²) < 4.78 is 0. The van der Waals surface area contributed by atoms with Crippen LogP contribution in [-0.4, -0.2) is 48.6 Å². The molecule has 6 heteroatoms. The van der Waals surface area contributed by atoms with E-state index in [0.717, 1.165) is 49.4 Å². The number of aryl methyl sites for hydroxylation is 1. The normalized spacial score (nSPS) is 18.2. The molecule has 0 unspecified atom stereocenters. The van der Waals surface area contributed by atoms with Crippen LogP contribution < -0.4 is 15.5 Å². The second-order valence-electron chi connectivity index (χ2n) is 7.29. The number of anilines is 2. The average Bonchev–Trinajstić information content (AvgIpc) is 3.06. The molecule has 0 aromatic heterocycles. The van der Waals surface area contributed by atoms with Gasteiger partial charge in [0.2, 0.25) is 5.91 Å². The Morgan fingerprint density at radius 3 is 2.65 bits per heavy atom. The Morgan fingerprint density at radius 2 is 1.96 bits per heavy atom. The quantitative estimate of drug-likeness (QED) is 0.591. The lowest BCUT2D eigenvalue weighted by Crippen LogP contribution is -2.34. The minimum atomic E-state index is 0.222. The molecule has 0 aliphatic carbocycles. The van der Waals surface area contributed by atoms with Crippen molar-refractivity contribution in [3.05, 3.63) is 23.8 Å². The van der Waals surface area contributed by atoms with E-state index >= 15 is 0 Å². The van der Waals surface area contributed by atoms with E-state index in [9.17, 15) is 4.79 Å². The summed E-state index contributed by atoms with van der Waals surface area (Å²) in [5.41, 5.74) is 3.07. The summed E-state index contributed by atoms with van der Waals surface area (Å²) in [7, 11) is 0. The van der Waals surface area contributed by atoms with Gasteiger partial charge in [-0.25, -0.2) is 0 Å². The Kier molecular flexibility index (Phi) is 6.86. The number of carbonyl (C=O) groups excluding carboxylic acids is 1. The molecule has 0 saturated carbocycles. The van der Waals surface area contributed by atoms with Crippen LogP contribution in [0.15, 0.2) is 18.2 Å². The molecule has 142 valence electrons. The number of amides is 1. The fourth-order valence-corrected chi connectivity index (χ4v) is 4.02. The SMILES string of the molecule is Cc1cc(NC(=S)NCCCN2CCCCC2)ccc1N1CCCC1=O. The predicted molar refractivity (Wildman–Crippen MR) is 112 cm³/mol. The highest BCUT2D eigenvalue weighted by molar-refractivity contribution is 7.80. The zero-order chi connectivity index (χ0) is 18.4. The molecular weight excluding hydrogens is 344 g/mol. The smallest absolute Gasteiger partial charge is 0.227 e. The Balaban J connectivity index is 1.42. The fraction of sp³-hybridized carbons (Fsp3) is 0.600. The van der Waals surface area contributed by atoms with Crippen LogP contribution in [0.25, 0.3) is 0 Å². The van der Waals surface area contributed by atoms with Gasteiger partial charge < -0.3 is 20.4 Å². The van der Waals surface area contributed by atoms with Crippen LogP contribution in [-0.2, 0) is 4.79 Å². The molecule has 5 nitrogen and oxygen atoms in total. The van der Waals surface area contributed by atoms with Gasteiger partial charge in [-0.05, 0) is 88.2 Å². The molecule has 1 amide bonds. The van der Waals surface area contributed by atoms with E-state index in [2.05, 4.69) is 21.6 Å². The van der Waals surface area contributed by atoms with Crippen LogP contribution in [0.5, 0.6) is 0 Å². The molecule has 2 heterocycles. The Labute approximate surface area is 162 Å². The molecule has 26 heavy (non-hydrogen) atoms. The standard InChI is InChI=1S/C20H30N4OS/c1-16-15-17(8-9-18(16)24-14-5-7-19(24)25)22-20(26)21-10-6-13-23-11-3-2-4-12-23/h8-9,15H,2-7,10-14H2,1H3,(H2,21,22,26). The van der Waals surface area contributed by atoms with Gasteiger partial charge in [0, 0.05) is 30.9 Å². The zero-order valence-electron chi connectivity index (χ0n) is 15.7. The van der Waals surface area contributed by atoms with E-state index in [1.165, 1.54) is 32.4 Å². The molecule has 1 aromatic rings. The lowest BCUT2D eigenvalue weighted by molar-refractivity contribution is -0.117. The van der Waals surface area contributed by atoms with Crippen molar-refractivity contribution in [1.29, 1.82) is 0 Å². The highest BCUT2D eigenvalue weighted by Gasteiger charge is 2.22. The van der Waals surface area contributed by atoms with Crippen LogP contribution in [0, 0.1) is 6.92 Å². The number of benzene rings is 1. The number of thiocarbonyl (C=S) groups is 1. The summed E-state index contributed by atoms with van der Waals surface area (Å²) in [6.07, 6.45) is 6.77. The number of hydrogen-bond acceptors (Lipinski definition) is 3. The largest absolute Gasteiger partial charge is 0.362 e. The van der Waals surface area contributed by atoms with Crippen LogP contribution in [0.3, 0.4) is 0 Å². The lowest BCUT2D eigenvalue weighted by atomic mass is 10.1. The molecule has 0 spiro atoms. The number of hydrogen-bond donors (Lipinski definition) is 2. The van der Waals surface area contributed by atoms with Gasteiger partial charge in [0.05, 0.1) is 0 Å². The van der Waals surface area contributed by atoms with Crippen molar-refractivity contribution >= 4 is 34.6 Å². The first-order chi connectivity index (χ1) is 12.6. The van der Waals surface area contributed by atoms with Gasteiger partial charge in [-0.2, -0.15) is 0 Å². The summed E-state index contributed by atoms with van der Waals surface area (Å²) >= 11 is 5.41. The molecule has 2 fully saturated rings. The average molecular weight is 375 g/mol. The highest BCUT2D eigenvalue weighted by Crippen LogP contribution is 2.27. The molecule has 3 rings (SSSR count). The van der Waals surface area contributed by atoms with Crippen molar-refractivity contribution in [1.82, 2.24) is 10.2 Å². The number of likely N-dealkylation sites (tertiary alicyclic amines) is 1. The summed E-state index contributed by atoms with van der Waals surface area (Å²) in [6.45, 7) is 7.39. The van der Waals surface area contributed by atoms with Gasteiger partial charge >= 0.3 is 0 Å². The van der Waals surface area contributed by atoms with Gasteiger partial charge in [-0.1, -0.05) is 6.42 Å². The second kappa shape index (κ2) is 9.33. The predicted octanol–water partition coefficient (Wildman–Crippen LogP) is 3.28. The molecule has 0 bridgehead atoms. The first-order valence-corrected chi connectivity index (χ1v) is 10.2. The van der Waals surface area contributed by atoms with Gasteiger partial charge in [0.25, 0.3) is 0 Å². The van der Waals surface area contributed by atoms with E-state index in [1.54, 1.807) is 0 Å². The van der Waals surface area contributed by atoms with Crippen molar-refractivity contribution in [2.45, 2.75) is 45.4 Å². The maximum Gasteiger partial charge on any atom is 0.227 e. The van der Waals surface area contributed by atoms with E-state index < -0.39 is 0 Å². The summed E-state index contributed by atoms with van der Waals surface area (Å²) in [5.74, 6) is 0.222. The highest BCUT2D eigenvalue weighted by atomic mass is 32.1. The van der Waals surface area contributed by atoms with E-state index in [-0.39, 0.29) is 5.91 Å². The number of carbonyl (C=O) groups is 1. The topological polar surface area (TPSA) is 47.6 Å². The first kappa shape index (κ1) is 19.1. The fourth-order valence-electron chi connectivity index (χ4n) is 3.80. The Bertz CT molecular complexity index is 643. The third-order valence-corrected chi connectivity index (χ3v) is 5.45. The molecule has 0 radical (unpaired) electrons. The number of nitrogens with one attached hydrogen (secondary N) is 2. The van der Waals surface area contributed by atoms with Crippen molar-refractivity contribution < 1.29 is 4.79 Å². The molecule has 2 aliphatic heterocycles. The summed E-state index contributed by atoms with van der Waals surface area (Å²) in [6, 6.07) is 6.07. The van der Waals surface area contributed by atoms with Crippen LogP contribution >= 0.6 is 12.2 Å². The summed E-state index contributed by atoms with van der Waals surface area (Å²) in [4.78, 5) is 16.4. The third-order valence-electron chi connectivity index (χ3n) is 5.20. The van der Waals surface area contributed by atoms with E-state index in [0.29, 0.717) is 11.5 Å². The zero-order valence-corrected chi connectivity index (χ0v) is 16.5. The minimum absolute atomic E-state index is 0.222. The number of rotatable bonds is 6. The number of piperidine rings is 1. The molecule has 2 saturated heterocycles. The van der Waals surface area contributed by atoms with Gasteiger partial charge in [-0.3, -0.25) is 4.79 Å². The maximum absolute atomic E-state index is 11.9. The number of nitrogens with zero attached hydrogens (tertiary/aromatic N) is 2. The lowest BCUT2D eigenvalue weighted by Gasteiger charge is -2.26. The van der Waals surface area contributed by atoms with Crippen LogP contribution in [0.2, 0.25) is 0 Å². The maximum atomic E-state index is 11.9. The molecule has 2 aliphatic rings. The Hall–Kier alpha value is -1.66. The van der Waals surface area contributed by atoms with Crippen LogP contribution in [0.1, 0.15) is 44.1 Å². The first-order valence-electron chi connectivity index (χ1n) is 9.82. The molecule has 1 aromatic carbocycles. The van der Waals surface area contributed by atoms with Gasteiger partial charge in [-0.15, -0.1) is 0 Å². The van der Waals surface area contributed by atoms with Crippen LogP contribution in [0.4, 0.5) is 11.4 Å². The van der Waals surface area contributed by atoms with E-state index in [1.807, 2.05) is 24.0 Å². The van der Waals surface area contributed by atoms with Crippen molar-refractivity contribution in [2.24, 2.45) is 0 Å². The van der Waals surface area contributed by atoms with Gasteiger partial charge in [0.15, 0.2) is 5.11 Å². The molecule has 0 atom stereocenters. The van der Waals surface area contributed by atoms with Crippen molar-refractivity contribution in [2.75, 3.05) is 42.9 Å². The van der Waals surface area contributed by atoms with Gasteiger partial charge in [0.1, 0.15) is 0 Å². The minimum Gasteiger partial charge on any atom is -0.362 e.